The van der Waals surface area contributed by atoms with Gasteiger partial charge in [-0.15, -0.1) is 0 Å². The molecule has 1 atom stereocenters. The van der Waals surface area contributed by atoms with Crippen LogP contribution in [0.15, 0.2) is 42.2 Å². The first-order valence-electron chi connectivity index (χ1n) is 5.48. The van der Waals surface area contributed by atoms with Crippen molar-refractivity contribution in [1.82, 2.24) is 0 Å². The maximum absolute atomic E-state index is 12.6. The lowest BCUT2D eigenvalue weighted by Crippen LogP contribution is -2.23. The Balaban J connectivity index is 3.11. The van der Waals surface area contributed by atoms with Gasteiger partial charge in [-0.3, -0.25) is 0 Å². The number of hydrogen-bond donors (Lipinski definition) is 1. The summed E-state index contributed by atoms with van der Waals surface area (Å²) in [6.07, 6.45) is -3.93. The van der Waals surface area contributed by atoms with Crippen molar-refractivity contribution >= 4 is 0 Å². The van der Waals surface area contributed by atoms with E-state index >= 15 is 0 Å². The van der Waals surface area contributed by atoms with E-state index in [-0.39, 0.29) is 6.61 Å². The van der Waals surface area contributed by atoms with Crippen LogP contribution in [0.4, 0.5) is 13.2 Å². The predicted octanol–water partition coefficient (Wildman–Crippen LogP) is 3.38. The second-order valence-corrected chi connectivity index (χ2v) is 3.95. The number of rotatable bonds is 4. The quantitative estimate of drug-likeness (QED) is 0.841. The fourth-order valence-corrected chi connectivity index (χ4v) is 1.48. The van der Waals surface area contributed by atoms with Gasteiger partial charge in [-0.05, 0) is 25.5 Å². The third kappa shape index (κ3) is 3.77. The molecule has 2 nitrogen and oxygen atoms in total. The van der Waals surface area contributed by atoms with Gasteiger partial charge in [-0.25, -0.2) is 0 Å². The minimum absolute atomic E-state index is 0.115. The first kappa shape index (κ1) is 14.6. The van der Waals surface area contributed by atoms with Gasteiger partial charge in [0.1, 0.15) is 5.60 Å². The molecule has 0 aliphatic carbocycles. The summed E-state index contributed by atoms with van der Waals surface area (Å²) in [4.78, 5) is 0. The molecule has 1 aromatic rings. The standard InChI is InChI=1S/C13H15F3O2/c1-3-18-11(13(14,15)16)9-12(2,17)10-7-5-4-6-8-10/h4-9,17H,3H2,1-2H3/b11-9-. The molecule has 0 amide bonds. The third-order valence-corrected chi connectivity index (χ3v) is 2.35. The summed E-state index contributed by atoms with van der Waals surface area (Å²) in [7, 11) is 0. The molecule has 1 aromatic carbocycles. The maximum Gasteiger partial charge on any atom is 0.448 e. The fourth-order valence-electron chi connectivity index (χ4n) is 1.48. The molecule has 0 bridgehead atoms. The van der Waals surface area contributed by atoms with Gasteiger partial charge in [-0.1, -0.05) is 30.3 Å². The molecular formula is C13H15F3O2. The van der Waals surface area contributed by atoms with Crippen molar-refractivity contribution < 1.29 is 23.0 Å². The molecule has 1 rings (SSSR count). The lowest BCUT2D eigenvalue weighted by molar-refractivity contribution is -0.132. The van der Waals surface area contributed by atoms with E-state index in [4.69, 9.17) is 0 Å². The van der Waals surface area contributed by atoms with Crippen molar-refractivity contribution in [2.45, 2.75) is 25.6 Å². The van der Waals surface area contributed by atoms with Crippen LogP contribution in [0, 0.1) is 0 Å². The monoisotopic (exact) mass is 260 g/mol. The van der Waals surface area contributed by atoms with Gasteiger partial charge in [0, 0.05) is 0 Å². The molecule has 100 valence electrons. The Bertz CT molecular complexity index is 408. The zero-order valence-electron chi connectivity index (χ0n) is 10.2. The zero-order chi connectivity index (χ0) is 13.8. The molecular weight excluding hydrogens is 245 g/mol. The van der Waals surface area contributed by atoms with Gasteiger partial charge in [0.15, 0.2) is 5.76 Å². The largest absolute Gasteiger partial charge is 0.489 e. The normalized spacial score (nSPS) is 16.2. The van der Waals surface area contributed by atoms with Crippen LogP contribution >= 0.6 is 0 Å². The second kappa shape index (κ2) is 5.44. The molecule has 0 radical (unpaired) electrons. The van der Waals surface area contributed by atoms with Crippen molar-refractivity contribution in [3.05, 3.63) is 47.7 Å². The number of alkyl halides is 3. The Kier molecular flexibility index (Phi) is 4.40. The molecule has 0 aromatic heterocycles. The van der Waals surface area contributed by atoms with Gasteiger partial charge in [0.05, 0.1) is 6.61 Å². The zero-order valence-corrected chi connectivity index (χ0v) is 10.2. The van der Waals surface area contributed by atoms with E-state index in [2.05, 4.69) is 4.74 Å². The molecule has 0 saturated carbocycles. The summed E-state index contributed by atoms with van der Waals surface area (Å²) in [5.74, 6) is -1.18. The molecule has 18 heavy (non-hydrogen) atoms. The predicted molar refractivity (Wildman–Crippen MR) is 61.8 cm³/mol. The van der Waals surface area contributed by atoms with Crippen LogP contribution in [-0.2, 0) is 10.3 Å². The van der Waals surface area contributed by atoms with E-state index in [0.717, 1.165) is 0 Å². The van der Waals surface area contributed by atoms with Crippen molar-refractivity contribution in [3.8, 4) is 0 Å². The fraction of sp³-hybridized carbons (Fsp3) is 0.385. The van der Waals surface area contributed by atoms with Gasteiger partial charge >= 0.3 is 6.18 Å². The molecule has 0 heterocycles. The Morgan fingerprint density at radius 1 is 1.28 bits per heavy atom. The topological polar surface area (TPSA) is 29.5 Å². The average molecular weight is 260 g/mol. The van der Waals surface area contributed by atoms with Crippen LogP contribution in [-0.4, -0.2) is 17.9 Å². The molecule has 5 heteroatoms. The minimum Gasteiger partial charge on any atom is -0.489 e. The number of aliphatic hydroxyl groups is 1. The van der Waals surface area contributed by atoms with Crippen molar-refractivity contribution in [1.29, 1.82) is 0 Å². The van der Waals surface area contributed by atoms with Gasteiger partial charge in [0.2, 0.25) is 0 Å². The highest BCUT2D eigenvalue weighted by atomic mass is 19.4. The first-order valence-corrected chi connectivity index (χ1v) is 5.48. The molecule has 1 N–H and O–H groups in total. The summed E-state index contributed by atoms with van der Waals surface area (Å²) < 4.78 is 42.5. The average Bonchev–Trinajstić information content (AvgIpc) is 2.28. The SMILES string of the molecule is CCO/C(=C\C(C)(O)c1ccccc1)C(F)(F)F. The first-order chi connectivity index (χ1) is 8.27. The van der Waals surface area contributed by atoms with Crippen LogP contribution in [0.5, 0.6) is 0 Å². The Morgan fingerprint density at radius 3 is 2.28 bits per heavy atom. The summed E-state index contributed by atoms with van der Waals surface area (Å²) in [6, 6.07) is 8.11. The molecule has 1 unspecified atom stereocenters. The number of benzene rings is 1. The van der Waals surface area contributed by atoms with Crippen LogP contribution in [0.1, 0.15) is 19.4 Å². The molecule has 0 saturated heterocycles. The van der Waals surface area contributed by atoms with Gasteiger partial charge < -0.3 is 9.84 Å². The van der Waals surface area contributed by atoms with Crippen LogP contribution in [0.3, 0.4) is 0 Å². The molecule has 0 aliphatic rings. The van der Waals surface area contributed by atoms with E-state index < -0.39 is 17.5 Å². The summed E-state index contributed by atoms with van der Waals surface area (Å²) in [6.45, 7) is 2.63. The highest BCUT2D eigenvalue weighted by molar-refractivity contribution is 5.27. The second-order valence-electron chi connectivity index (χ2n) is 3.95. The Labute approximate surface area is 104 Å². The van der Waals surface area contributed by atoms with E-state index in [1.54, 1.807) is 30.3 Å². The van der Waals surface area contributed by atoms with Gasteiger partial charge in [0.25, 0.3) is 0 Å². The van der Waals surface area contributed by atoms with Crippen LogP contribution < -0.4 is 0 Å². The maximum atomic E-state index is 12.6. The smallest absolute Gasteiger partial charge is 0.448 e. The van der Waals surface area contributed by atoms with E-state index in [9.17, 15) is 18.3 Å². The number of hydrogen-bond acceptors (Lipinski definition) is 2. The summed E-state index contributed by atoms with van der Waals surface area (Å²) >= 11 is 0. The highest BCUT2D eigenvalue weighted by Gasteiger charge is 2.38. The number of halogens is 3. The highest BCUT2D eigenvalue weighted by Crippen LogP contribution is 2.31. The van der Waals surface area contributed by atoms with Crippen LogP contribution in [0.2, 0.25) is 0 Å². The lowest BCUT2D eigenvalue weighted by Gasteiger charge is -2.22. The summed E-state index contributed by atoms with van der Waals surface area (Å²) in [5, 5.41) is 10.1. The van der Waals surface area contributed by atoms with E-state index in [1.165, 1.54) is 13.8 Å². The Hall–Kier alpha value is -1.49. The number of ether oxygens (including phenoxy) is 1. The van der Waals surface area contributed by atoms with Crippen molar-refractivity contribution in [2.24, 2.45) is 0 Å². The molecule has 0 spiro atoms. The minimum atomic E-state index is -4.62. The van der Waals surface area contributed by atoms with Crippen LogP contribution in [0.25, 0.3) is 0 Å². The van der Waals surface area contributed by atoms with Crippen molar-refractivity contribution in [3.63, 3.8) is 0 Å². The number of allylic oxidation sites excluding steroid dienone is 1. The lowest BCUT2D eigenvalue weighted by atomic mass is 9.95. The van der Waals surface area contributed by atoms with E-state index in [1.807, 2.05) is 0 Å². The van der Waals surface area contributed by atoms with Gasteiger partial charge in [-0.2, -0.15) is 13.2 Å². The van der Waals surface area contributed by atoms with E-state index in [0.29, 0.717) is 11.6 Å². The molecule has 0 aliphatic heterocycles. The van der Waals surface area contributed by atoms with Crippen molar-refractivity contribution in [2.75, 3.05) is 6.61 Å². The Morgan fingerprint density at radius 2 is 1.83 bits per heavy atom. The molecule has 0 fully saturated rings. The summed E-state index contributed by atoms with van der Waals surface area (Å²) in [5.41, 5.74) is -1.37. The third-order valence-electron chi connectivity index (χ3n) is 2.35.